The van der Waals surface area contributed by atoms with E-state index in [0.29, 0.717) is 6.61 Å². The minimum absolute atomic E-state index is 0.150. The van der Waals surface area contributed by atoms with Crippen LogP contribution >= 0.6 is 0 Å². The Balaban J connectivity index is 2.23. The molecule has 0 saturated carbocycles. The topological polar surface area (TPSA) is 40.6 Å². The van der Waals surface area contributed by atoms with Gasteiger partial charge in [-0.3, -0.25) is 0 Å². The normalized spacial score (nSPS) is 17.1. The SMILES string of the molecule is CC(C)C(OCCN(C)C)c1cc(F)cnc1N1CCNCC1. The molecule has 1 atom stereocenters. The van der Waals surface area contributed by atoms with Gasteiger partial charge in [0.15, 0.2) is 0 Å². The van der Waals surface area contributed by atoms with Gasteiger partial charge in [-0.1, -0.05) is 13.8 Å². The maximum atomic E-state index is 13.8. The molecule has 1 unspecified atom stereocenters. The smallest absolute Gasteiger partial charge is 0.142 e. The number of nitrogens with zero attached hydrogens (tertiary/aromatic N) is 3. The Morgan fingerprint density at radius 3 is 2.65 bits per heavy atom. The van der Waals surface area contributed by atoms with Crippen LogP contribution in [0.15, 0.2) is 12.3 Å². The summed E-state index contributed by atoms with van der Waals surface area (Å²) >= 11 is 0. The molecule has 0 radical (unpaired) electrons. The third-order valence-electron chi connectivity index (χ3n) is 4.03. The van der Waals surface area contributed by atoms with E-state index in [9.17, 15) is 4.39 Å². The van der Waals surface area contributed by atoms with Crippen LogP contribution in [-0.4, -0.2) is 63.3 Å². The monoisotopic (exact) mass is 324 g/mol. The van der Waals surface area contributed by atoms with Gasteiger partial charge in [0.05, 0.1) is 18.9 Å². The van der Waals surface area contributed by atoms with Crippen molar-refractivity contribution in [3.8, 4) is 0 Å². The molecule has 0 aromatic carbocycles. The maximum absolute atomic E-state index is 13.8. The van der Waals surface area contributed by atoms with Gasteiger partial charge in [0.2, 0.25) is 0 Å². The molecule has 23 heavy (non-hydrogen) atoms. The van der Waals surface area contributed by atoms with E-state index in [1.54, 1.807) is 6.07 Å². The highest BCUT2D eigenvalue weighted by Crippen LogP contribution is 2.33. The Bertz CT molecular complexity index is 489. The van der Waals surface area contributed by atoms with Gasteiger partial charge >= 0.3 is 0 Å². The molecule has 1 N–H and O–H groups in total. The van der Waals surface area contributed by atoms with Crippen LogP contribution in [0.1, 0.15) is 25.5 Å². The summed E-state index contributed by atoms with van der Waals surface area (Å²) in [6, 6.07) is 1.59. The van der Waals surface area contributed by atoms with Gasteiger partial charge in [-0.05, 0) is 26.1 Å². The molecule has 1 fully saturated rings. The van der Waals surface area contributed by atoms with Crippen molar-refractivity contribution in [1.29, 1.82) is 0 Å². The van der Waals surface area contributed by atoms with E-state index in [4.69, 9.17) is 4.74 Å². The summed E-state index contributed by atoms with van der Waals surface area (Å²) in [6.07, 6.45) is 1.15. The number of nitrogens with one attached hydrogen (secondary N) is 1. The maximum Gasteiger partial charge on any atom is 0.142 e. The molecule has 130 valence electrons. The number of likely N-dealkylation sites (N-methyl/N-ethyl adjacent to an activating group) is 1. The van der Waals surface area contributed by atoms with Crippen molar-refractivity contribution < 1.29 is 9.13 Å². The molecule has 1 aliphatic heterocycles. The van der Waals surface area contributed by atoms with Crippen molar-refractivity contribution in [3.63, 3.8) is 0 Å². The van der Waals surface area contributed by atoms with Gasteiger partial charge in [-0.2, -0.15) is 0 Å². The number of rotatable bonds is 7. The molecule has 2 rings (SSSR count). The van der Waals surface area contributed by atoms with Gasteiger partial charge in [-0.15, -0.1) is 0 Å². The molecule has 1 saturated heterocycles. The largest absolute Gasteiger partial charge is 0.372 e. The second-order valence-electron chi connectivity index (χ2n) is 6.64. The summed E-state index contributed by atoms with van der Waals surface area (Å²) in [6.45, 7) is 9.28. The summed E-state index contributed by atoms with van der Waals surface area (Å²) in [4.78, 5) is 8.68. The van der Waals surface area contributed by atoms with E-state index >= 15 is 0 Å². The average molecular weight is 324 g/mol. The average Bonchev–Trinajstić information content (AvgIpc) is 2.52. The molecule has 0 amide bonds. The summed E-state index contributed by atoms with van der Waals surface area (Å²) in [5.41, 5.74) is 0.862. The molecule has 2 heterocycles. The van der Waals surface area contributed by atoms with E-state index in [-0.39, 0.29) is 17.8 Å². The van der Waals surface area contributed by atoms with Crippen molar-refractivity contribution in [1.82, 2.24) is 15.2 Å². The lowest BCUT2D eigenvalue weighted by molar-refractivity contribution is 0.0140. The summed E-state index contributed by atoms with van der Waals surface area (Å²) in [5, 5.41) is 3.33. The highest BCUT2D eigenvalue weighted by Gasteiger charge is 2.25. The second kappa shape index (κ2) is 8.57. The van der Waals surface area contributed by atoms with Crippen molar-refractivity contribution in [2.45, 2.75) is 20.0 Å². The molecule has 0 bridgehead atoms. The predicted molar refractivity (Wildman–Crippen MR) is 91.4 cm³/mol. The summed E-state index contributed by atoms with van der Waals surface area (Å²) < 4.78 is 19.9. The molecular formula is C17H29FN4O. The minimum Gasteiger partial charge on any atom is -0.372 e. The van der Waals surface area contributed by atoms with Crippen LogP contribution in [0.4, 0.5) is 10.2 Å². The molecule has 1 aliphatic rings. The summed E-state index contributed by atoms with van der Waals surface area (Å²) in [7, 11) is 4.04. The van der Waals surface area contributed by atoms with E-state index in [1.165, 1.54) is 6.20 Å². The molecule has 5 nitrogen and oxygen atoms in total. The zero-order valence-corrected chi connectivity index (χ0v) is 14.7. The lowest BCUT2D eigenvalue weighted by Crippen LogP contribution is -2.44. The minimum atomic E-state index is -0.305. The van der Waals surface area contributed by atoms with Gasteiger partial charge in [-0.25, -0.2) is 9.37 Å². The Kier molecular flexibility index (Phi) is 6.74. The third kappa shape index (κ3) is 5.12. The molecule has 1 aromatic heterocycles. The zero-order valence-electron chi connectivity index (χ0n) is 14.7. The molecule has 6 heteroatoms. The van der Waals surface area contributed by atoms with Crippen LogP contribution in [0.2, 0.25) is 0 Å². The predicted octanol–water partition coefficient (Wildman–Crippen LogP) is 1.91. The van der Waals surface area contributed by atoms with Gasteiger partial charge in [0.25, 0.3) is 0 Å². The zero-order chi connectivity index (χ0) is 16.8. The first kappa shape index (κ1) is 18.1. The van der Waals surface area contributed by atoms with Crippen LogP contribution in [0.5, 0.6) is 0 Å². The Labute approximate surface area is 138 Å². The Hall–Kier alpha value is -1.24. The molecule has 0 spiro atoms. The fourth-order valence-corrected chi connectivity index (χ4v) is 2.80. The quantitative estimate of drug-likeness (QED) is 0.830. The number of aromatic nitrogens is 1. The highest BCUT2D eigenvalue weighted by molar-refractivity contribution is 5.49. The fourth-order valence-electron chi connectivity index (χ4n) is 2.80. The van der Waals surface area contributed by atoms with Crippen molar-refractivity contribution in [3.05, 3.63) is 23.6 Å². The van der Waals surface area contributed by atoms with Gasteiger partial charge in [0.1, 0.15) is 11.6 Å². The van der Waals surface area contributed by atoms with Crippen LogP contribution in [0.25, 0.3) is 0 Å². The van der Waals surface area contributed by atoms with Crippen molar-refractivity contribution in [2.24, 2.45) is 5.92 Å². The second-order valence-corrected chi connectivity index (χ2v) is 6.64. The first-order chi connectivity index (χ1) is 11.0. The van der Waals surface area contributed by atoms with E-state index in [0.717, 1.165) is 44.1 Å². The van der Waals surface area contributed by atoms with Gasteiger partial charge < -0.3 is 19.9 Å². The third-order valence-corrected chi connectivity index (χ3v) is 4.03. The number of ether oxygens (including phenoxy) is 1. The Morgan fingerprint density at radius 2 is 2.04 bits per heavy atom. The molecular weight excluding hydrogens is 295 g/mol. The first-order valence-corrected chi connectivity index (χ1v) is 8.36. The number of hydrogen-bond acceptors (Lipinski definition) is 5. The first-order valence-electron chi connectivity index (χ1n) is 8.36. The number of anilines is 1. The van der Waals surface area contributed by atoms with E-state index < -0.39 is 0 Å². The lowest BCUT2D eigenvalue weighted by atomic mass is 9.98. The molecule has 1 aromatic rings. The van der Waals surface area contributed by atoms with Crippen LogP contribution in [0, 0.1) is 11.7 Å². The van der Waals surface area contributed by atoms with E-state index in [2.05, 4.69) is 33.9 Å². The lowest BCUT2D eigenvalue weighted by Gasteiger charge is -2.32. The number of halogens is 1. The van der Waals surface area contributed by atoms with Crippen LogP contribution in [0.3, 0.4) is 0 Å². The standard InChI is InChI=1S/C17H29FN4O/c1-13(2)16(23-10-9-21(3)4)15-11-14(18)12-20-17(15)22-7-5-19-6-8-22/h11-13,16,19H,5-10H2,1-4H3. The van der Waals surface area contributed by atoms with Gasteiger partial charge in [0, 0.05) is 38.3 Å². The fraction of sp³-hybridized carbons (Fsp3) is 0.706. The highest BCUT2D eigenvalue weighted by atomic mass is 19.1. The number of piperazine rings is 1. The van der Waals surface area contributed by atoms with Crippen molar-refractivity contribution >= 4 is 5.82 Å². The van der Waals surface area contributed by atoms with E-state index in [1.807, 2.05) is 14.1 Å². The number of hydrogen-bond donors (Lipinski definition) is 1. The van der Waals surface area contributed by atoms with Crippen LogP contribution < -0.4 is 10.2 Å². The Morgan fingerprint density at radius 1 is 1.35 bits per heavy atom. The summed E-state index contributed by atoms with van der Waals surface area (Å²) in [5.74, 6) is 0.805. The van der Waals surface area contributed by atoms with Crippen molar-refractivity contribution in [2.75, 3.05) is 58.3 Å². The molecule has 0 aliphatic carbocycles. The van der Waals surface area contributed by atoms with Crippen LogP contribution in [-0.2, 0) is 4.74 Å². The number of pyridine rings is 1.